The van der Waals surface area contributed by atoms with Gasteiger partial charge in [-0.25, -0.2) is 0 Å². The Morgan fingerprint density at radius 1 is 0.969 bits per heavy atom. The summed E-state index contributed by atoms with van der Waals surface area (Å²) >= 11 is 12.7. The van der Waals surface area contributed by atoms with Crippen molar-refractivity contribution in [3.63, 3.8) is 0 Å². The molecule has 0 saturated carbocycles. The molecular weight excluding hydrogens is 445 g/mol. The third-order valence-corrected chi connectivity index (χ3v) is 6.97. The van der Waals surface area contributed by atoms with E-state index in [2.05, 4.69) is 6.07 Å². The number of nitrogens with zero attached hydrogens (tertiary/aromatic N) is 1. The fraction of sp³-hybridized carbons (Fsp3) is 0.231. The number of para-hydroxylation sites is 2. The quantitative estimate of drug-likeness (QED) is 0.463. The molecule has 2 atom stereocenters. The van der Waals surface area contributed by atoms with Gasteiger partial charge in [-0.3, -0.25) is 4.90 Å². The lowest BCUT2D eigenvalue weighted by Crippen LogP contribution is -2.40. The first-order valence-corrected chi connectivity index (χ1v) is 11.3. The molecule has 3 aromatic rings. The van der Waals surface area contributed by atoms with E-state index in [1.165, 1.54) is 0 Å². The maximum absolute atomic E-state index is 11.2. The topological polar surface area (TPSA) is 41.9 Å². The predicted molar refractivity (Wildman–Crippen MR) is 128 cm³/mol. The van der Waals surface area contributed by atoms with Crippen molar-refractivity contribution in [2.24, 2.45) is 0 Å². The van der Waals surface area contributed by atoms with E-state index >= 15 is 0 Å². The van der Waals surface area contributed by atoms with Crippen molar-refractivity contribution >= 4 is 29.3 Å². The Labute approximate surface area is 197 Å². The number of benzene rings is 3. The number of halogens is 2. The van der Waals surface area contributed by atoms with Gasteiger partial charge in [-0.15, -0.1) is 0 Å². The maximum atomic E-state index is 11.2. The van der Waals surface area contributed by atoms with E-state index in [9.17, 15) is 5.11 Å². The fourth-order valence-corrected chi connectivity index (χ4v) is 4.88. The highest BCUT2D eigenvalue weighted by molar-refractivity contribution is 6.43. The van der Waals surface area contributed by atoms with Gasteiger partial charge >= 0.3 is 0 Å². The molecule has 1 unspecified atom stereocenters. The molecule has 1 N–H and O–H groups in total. The maximum Gasteiger partial charge on any atom is 0.134 e. The number of aliphatic hydroxyl groups excluding tert-OH is 1. The Bertz CT molecular complexity index is 1190. The lowest BCUT2D eigenvalue weighted by molar-refractivity contribution is 0.00366. The summed E-state index contributed by atoms with van der Waals surface area (Å²) in [6.07, 6.45) is 2.04. The molecule has 0 saturated heterocycles. The van der Waals surface area contributed by atoms with Crippen LogP contribution in [0, 0.1) is 0 Å². The average Bonchev–Trinajstić information content (AvgIpc) is 2.84. The summed E-state index contributed by atoms with van der Waals surface area (Å²) < 4.78 is 11.9. The zero-order valence-electron chi connectivity index (χ0n) is 17.6. The molecule has 32 heavy (non-hydrogen) atoms. The zero-order valence-corrected chi connectivity index (χ0v) is 19.1. The molecule has 0 aliphatic carbocycles. The SMILES string of the molecule is CN(C(O)C1=Cc2cccc(-c3cccc(Cl)c3Cl)c2OC1)[C@H]1CCOc2ccccc21. The van der Waals surface area contributed by atoms with Crippen LogP contribution in [0.3, 0.4) is 0 Å². The van der Waals surface area contributed by atoms with Gasteiger partial charge in [0.2, 0.25) is 0 Å². The number of likely N-dealkylation sites (N-methyl/N-ethyl adjacent to an activating group) is 1. The van der Waals surface area contributed by atoms with Gasteiger partial charge in [0.1, 0.15) is 24.3 Å². The molecule has 0 fully saturated rings. The van der Waals surface area contributed by atoms with Gasteiger partial charge in [0, 0.05) is 40.3 Å². The number of aliphatic hydroxyl groups is 1. The minimum absolute atomic E-state index is 0.0637. The molecule has 0 bridgehead atoms. The van der Waals surface area contributed by atoms with Crippen LogP contribution in [0.1, 0.15) is 23.6 Å². The van der Waals surface area contributed by atoms with Gasteiger partial charge in [-0.05, 0) is 25.3 Å². The molecule has 4 nitrogen and oxygen atoms in total. The van der Waals surface area contributed by atoms with E-state index < -0.39 is 6.23 Å². The Morgan fingerprint density at radius 2 is 1.75 bits per heavy atom. The van der Waals surface area contributed by atoms with Gasteiger partial charge in [-0.1, -0.05) is 71.7 Å². The standard InChI is InChI=1S/C26H23Cl2NO3/c1-29(22-12-13-31-23-11-3-2-7-20(22)23)26(30)17-14-16-6-4-9-19(25(16)32-15-17)18-8-5-10-21(27)24(18)28/h2-11,14,22,26,30H,12-13,15H2,1H3/t22-,26?/m0/s1. The van der Waals surface area contributed by atoms with Gasteiger partial charge in [0.15, 0.2) is 0 Å². The van der Waals surface area contributed by atoms with Crippen LogP contribution in [0.15, 0.2) is 66.2 Å². The van der Waals surface area contributed by atoms with E-state index in [0.29, 0.717) is 23.3 Å². The summed E-state index contributed by atoms with van der Waals surface area (Å²) in [7, 11) is 1.94. The monoisotopic (exact) mass is 467 g/mol. The first-order valence-electron chi connectivity index (χ1n) is 10.6. The Hall–Kier alpha value is -2.50. The minimum Gasteiger partial charge on any atom is -0.493 e. The third-order valence-electron chi connectivity index (χ3n) is 6.15. The van der Waals surface area contributed by atoms with Crippen LogP contribution < -0.4 is 9.47 Å². The van der Waals surface area contributed by atoms with E-state index in [4.69, 9.17) is 32.7 Å². The van der Waals surface area contributed by atoms with Crippen molar-refractivity contribution in [3.8, 4) is 22.6 Å². The summed E-state index contributed by atoms with van der Waals surface area (Å²) in [6, 6.07) is 19.5. The normalized spacial score (nSPS) is 18.2. The lowest BCUT2D eigenvalue weighted by atomic mass is 9.96. The summed E-state index contributed by atoms with van der Waals surface area (Å²) in [5, 5.41) is 12.2. The van der Waals surface area contributed by atoms with E-state index in [0.717, 1.165) is 45.7 Å². The largest absolute Gasteiger partial charge is 0.493 e. The molecule has 0 aromatic heterocycles. The van der Waals surface area contributed by atoms with Crippen molar-refractivity contribution in [3.05, 3.63) is 87.4 Å². The number of ether oxygens (including phenoxy) is 2. The van der Waals surface area contributed by atoms with Gasteiger partial charge in [0.05, 0.1) is 16.7 Å². The van der Waals surface area contributed by atoms with Crippen molar-refractivity contribution in [2.45, 2.75) is 18.7 Å². The molecule has 5 rings (SSSR count). The minimum atomic E-state index is -0.780. The van der Waals surface area contributed by atoms with Crippen molar-refractivity contribution < 1.29 is 14.6 Å². The number of rotatable bonds is 4. The third kappa shape index (κ3) is 3.78. The first kappa shape index (κ1) is 21.4. The second kappa shape index (κ2) is 8.80. The average molecular weight is 468 g/mol. The number of hydrogen-bond donors (Lipinski definition) is 1. The van der Waals surface area contributed by atoms with Crippen molar-refractivity contribution in [2.75, 3.05) is 20.3 Å². The molecule has 164 valence electrons. The van der Waals surface area contributed by atoms with Crippen LogP contribution >= 0.6 is 23.2 Å². The van der Waals surface area contributed by atoms with Crippen LogP contribution in [-0.2, 0) is 0 Å². The van der Waals surface area contributed by atoms with Gasteiger partial charge in [-0.2, -0.15) is 0 Å². The molecule has 0 radical (unpaired) electrons. The number of fused-ring (bicyclic) bond motifs is 2. The van der Waals surface area contributed by atoms with Crippen LogP contribution in [0.4, 0.5) is 0 Å². The van der Waals surface area contributed by atoms with E-state index in [-0.39, 0.29) is 6.04 Å². The highest BCUT2D eigenvalue weighted by Crippen LogP contribution is 2.43. The smallest absolute Gasteiger partial charge is 0.134 e. The van der Waals surface area contributed by atoms with Crippen LogP contribution in [0.25, 0.3) is 17.2 Å². The Kier molecular flexibility index (Phi) is 5.87. The second-order valence-corrected chi connectivity index (χ2v) is 8.85. The Balaban J connectivity index is 1.46. The van der Waals surface area contributed by atoms with Crippen LogP contribution in [0.2, 0.25) is 10.0 Å². The summed E-state index contributed by atoms with van der Waals surface area (Å²) in [6.45, 7) is 0.916. The number of hydrogen-bond acceptors (Lipinski definition) is 4. The molecule has 3 aromatic carbocycles. The summed E-state index contributed by atoms with van der Waals surface area (Å²) in [4.78, 5) is 1.99. The highest BCUT2D eigenvalue weighted by atomic mass is 35.5. The van der Waals surface area contributed by atoms with Crippen molar-refractivity contribution in [1.29, 1.82) is 0 Å². The molecule has 2 heterocycles. The molecule has 0 spiro atoms. The zero-order chi connectivity index (χ0) is 22.2. The highest BCUT2D eigenvalue weighted by Gasteiger charge is 2.31. The summed E-state index contributed by atoms with van der Waals surface area (Å²) in [5.74, 6) is 1.62. The molecule has 2 aliphatic rings. The predicted octanol–water partition coefficient (Wildman–Crippen LogP) is 6.21. The fourth-order valence-electron chi connectivity index (χ4n) is 4.48. The van der Waals surface area contributed by atoms with E-state index in [1.54, 1.807) is 6.07 Å². The molecular formula is C26H23Cl2NO3. The van der Waals surface area contributed by atoms with Gasteiger partial charge in [0.25, 0.3) is 0 Å². The van der Waals surface area contributed by atoms with Crippen LogP contribution in [0.5, 0.6) is 11.5 Å². The first-order chi connectivity index (χ1) is 15.5. The molecule has 0 amide bonds. The molecule has 2 aliphatic heterocycles. The second-order valence-electron chi connectivity index (χ2n) is 8.06. The summed E-state index contributed by atoms with van der Waals surface area (Å²) in [5.41, 5.74) is 4.50. The molecule has 6 heteroatoms. The van der Waals surface area contributed by atoms with Crippen LogP contribution in [-0.4, -0.2) is 36.5 Å². The lowest BCUT2D eigenvalue weighted by Gasteiger charge is -2.37. The van der Waals surface area contributed by atoms with Crippen molar-refractivity contribution in [1.82, 2.24) is 4.90 Å². The van der Waals surface area contributed by atoms with E-state index in [1.807, 2.05) is 66.6 Å². The Morgan fingerprint density at radius 3 is 2.62 bits per heavy atom. The van der Waals surface area contributed by atoms with Gasteiger partial charge < -0.3 is 14.6 Å².